The van der Waals surface area contributed by atoms with E-state index in [1.165, 1.54) is 26.0 Å². The van der Waals surface area contributed by atoms with E-state index >= 15 is 0 Å². The van der Waals surface area contributed by atoms with Crippen LogP contribution in [0.25, 0.3) is 10.6 Å². The lowest BCUT2D eigenvalue weighted by Gasteiger charge is -2.00. The normalized spacial score (nSPS) is 11.1. The number of aryl methyl sites for hydroxylation is 1. The second-order valence-corrected chi connectivity index (χ2v) is 7.99. The SMILES string of the molecule is Cc1nc(-c2ccc(CCNCc3cnc(N)s3)s2)cs1. The summed E-state index contributed by atoms with van der Waals surface area (Å²) < 4.78 is 0. The van der Waals surface area contributed by atoms with Crippen LogP contribution in [0.2, 0.25) is 0 Å². The molecule has 110 valence electrons. The van der Waals surface area contributed by atoms with Crippen molar-refractivity contribution in [2.75, 3.05) is 12.3 Å². The zero-order valence-corrected chi connectivity index (χ0v) is 14.1. The average Bonchev–Trinajstić information content (AvgIpc) is 3.16. The highest BCUT2D eigenvalue weighted by molar-refractivity contribution is 7.16. The summed E-state index contributed by atoms with van der Waals surface area (Å²) in [5.41, 5.74) is 6.71. The number of anilines is 1. The second-order valence-electron chi connectivity index (χ2n) is 4.61. The van der Waals surface area contributed by atoms with Crippen molar-refractivity contribution in [2.24, 2.45) is 0 Å². The third kappa shape index (κ3) is 3.88. The Balaban J connectivity index is 1.49. The monoisotopic (exact) mass is 336 g/mol. The van der Waals surface area contributed by atoms with Gasteiger partial charge in [0.1, 0.15) is 0 Å². The number of thiazole rings is 2. The molecule has 7 heteroatoms. The van der Waals surface area contributed by atoms with E-state index in [0.717, 1.165) is 30.2 Å². The van der Waals surface area contributed by atoms with E-state index in [9.17, 15) is 0 Å². The van der Waals surface area contributed by atoms with Crippen molar-refractivity contribution in [2.45, 2.75) is 19.9 Å². The second kappa shape index (κ2) is 6.65. The summed E-state index contributed by atoms with van der Waals surface area (Å²) in [6.07, 6.45) is 2.86. The summed E-state index contributed by atoms with van der Waals surface area (Å²) >= 11 is 5.06. The first-order valence-electron chi connectivity index (χ1n) is 6.63. The lowest BCUT2D eigenvalue weighted by atomic mass is 10.3. The molecule has 0 aliphatic carbocycles. The summed E-state index contributed by atoms with van der Waals surface area (Å²) in [5, 5.41) is 7.30. The van der Waals surface area contributed by atoms with Gasteiger partial charge in [-0.15, -0.1) is 34.0 Å². The van der Waals surface area contributed by atoms with Crippen LogP contribution in [-0.4, -0.2) is 16.5 Å². The molecule has 21 heavy (non-hydrogen) atoms. The first kappa shape index (κ1) is 14.6. The van der Waals surface area contributed by atoms with Crippen molar-refractivity contribution in [3.05, 3.63) is 38.5 Å². The maximum atomic E-state index is 5.61. The van der Waals surface area contributed by atoms with E-state index in [2.05, 4.69) is 32.8 Å². The third-order valence-electron chi connectivity index (χ3n) is 2.95. The van der Waals surface area contributed by atoms with E-state index < -0.39 is 0 Å². The molecule has 0 aliphatic heterocycles. The van der Waals surface area contributed by atoms with Crippen LogP contribution in [-0.2, 0) is 13.0 Å². The van der Waals surface area contributed by atoms with Gasteiger partial charge in [0.2, 0.25) is 0 Å². The number of hydrogen-bond acceptors (Lipinski definition) is 7. The minimum atomic E-state index is 0.633. The summed E-state index contributed by atoms with van der Waals surface area (Å²) in [4.78, 5) is 12.4. The number of nitrogen functional groups attached to an aromatic ring is 1. The Hall–Kier alpha value is -1.28. The zero-order valence-electron chi connectivity index (χ0n) is 11.6. The van der Waals surface area contributed by atoms with Gasteiger partial charge in [-0.3, -0.25) is 0 Å². The summed E-state index contributed by atoms with van der Waals surface area (Å²) in [7, 11) is 0. The van der Waals surface area contributed by atoms with Crippen LogP contribution in [0.15, 0.2) is 23.7 Å². The van der Waals surface area contributed by atoms with Crippen LogP contribution in [0.1, 0.15) is 14.8 Å². The van der Waals surface area contributed by atoms with Crippen LogP contribution < -0.4 is 11.1 Å². The topological polar surface area (TPSA) is 63.8 Å². The van der Waals surface area contributed by atoms with Crippen molar-refractivity contribution in [3.8, 4) is 10.6 Å². The van der Waals surface area contributed by atoms with Crippen LogP contribution in [0.4, 0.5) is 5.13 Å². The number of nitrogens with zero attached hydrogens (tertiary/aromatic N) is 2. The molecule has 3 aromatic heterocycles. The lowest BCUT2D eigenvalue weighted by Crippen LogP contribution is -2.15. The van der Waals surface area contributed by atoms with E-state index in [0.29, 0.717) is 5.13 Å². The van der Waals surface area contributed by atoms with Gasteiger partial charge >= 0.3 is 0 Å². The van der Waals surface area contributed by atoms with Gasteiger partial charge in [0, 0.05) is 34.4 Å². The molecule has 0 unspecified atom stereocenters. The third-order valence-corrected chi connectivity index (χ3v) is 5.72. The maximum absolute atomic E-state index is 5.61. The molecule has 0 aliphatic rings. The van der Waals surface area contributed by atoms with Crippen LogP contribution in [0, 0.1) is 6.92 Å². The molecular weight excluding hydrogens is 320 g/mol. The Morgan fingerprint density at radius 1 is 1.24 bits per heavy atom. The number of hydrogen-bond donors (Lipinski definition) is 2. The summed E-state index contributed by atoms with van der Waals surface area (Å²) in [6.45, 7) is 3.82. The smallest absolute Gasteiger partial charge is 0.180 e. The standard InChI is InChI=1S/C14H16N4S3/c1-9-18-12(8-19-9)13-3-2-10(20-13)4-5-16-6-11-7-17-14(15)21-11/h2-3,7-8,16H,4-6H2,1H3,(H2,15,17). The lowest BCUT2D eigenvalue weighted by molar-refractivity contribution is 0.696. The fourth-order valence-electron chi connectivity index (χ4n) is 1.95. The molecule has 0 bridgehead atoms. The molecule has 3 heterocycles. The largest absolute Gasteiger partial charge is 0.375 e. The predicted molar refractivity (Wildman–Crippen MR) is 92.1 cm³/mol. The molecule has 4 nitrogen and oxygen atoms in total. The van der Waals surface area contributed by atoms with Gasteiger partial charge in [0.15, 0.2) is 5.13 Å². The molecule has 0 fully saturated rings. The molecule has 0 aromatic carbocycles. The van der Waals surface area contributed by atoms with Crippen molar-refractivity contribution < 1.29 is 0 Å². The molecule has 0 atom stereocenters. The summed E-state index contributed by atoms with van der Waals surface area (Å²) in [5.74, 6) is 0. The number of rotatable bonds is 6. The van der Waals surface area contributed by atoms with E-state index in [-0.39, 0.29) is 0 Å². The van der Waals surface area contributed by atoms with E-state index in [1.807, 2.05) is 24.5 Å². The molecule has 0 amide bonds. The number of nitrogens with two attached hydrogens (primary N) is 1. The molecule has 3 N–H and O–H groups in total. The molecule has 0 spiro atoms. The molecule has 3 aromatic rings. The van der Waals surface area contributed by atoms with Gasteiger partial charge in [-0.25, -0.2) is 9.97 Å². The van der Waals surface area contributed by atoms with Gasteiger partial charge in [-0.2, -0.15) is 0 Å². The Morgan fingerprint density at radius 2 is 2.14 bits per heavy atom. The Bertz CT molecular complexity index is 713. The van der Waals surface area contributed by atoms with Gasteiger partial charge in [0.05, 0.1) is 15.6 Å². The van der Waals surface area contributed by atoms with Gasteiger partial charge in [-0.05, 0) is 25.5 Å². The van der Waals surface area contributed by atoms with E-state index in [1.54, 1.807) is 11.3 Å². The molecule has 3 rings (SSSR count). The van der Waals surface area contributed by atoms with Gasteiger partial charge < -0.3 is 11.1 Å². The quantitative estimate of drug-likeness (QED) is 0.676. The van der Waals surface area contributed by atoms with Crippen LogP contribution in [0.3, 0.4) is 0 Å². The Kier molecular flexibility index (Phi) is 4.64. The molecule has 0 saturated carbocycles. The Morgan fingerprint density at radius 3 is 2.86 bits per heavy atom. The Labute approximate surface area is 135 Å². The fourth-order valence-corrected chi connectivity index (χ4v) is 4.26. The zero-order chi connectivity index (χ0) is 14.7. The van der Waals surface area contributed by atoms with E-state index in [4.69, 9.17) is 5.73 Å². The highest BCUT2D eigenvalue weighted by Crippen LogP contribution is 2.29. The minimum Gasteiger partial charge on any atom is -0.375 e. The average molecular weight is 337 g/mol. The number of nitrogens with one attached hydrogen (secondary N) is 1. The summed E-state index contributed by atoms with van der Waals surface area (Å²) in [6, 6.07) is 4.36. The van der Waals surface area contributed by atoms with Crippen LogP contribution in [0.5, 0.6) is 0 Å². The molecular formula is C14H16N4S3. The van der Waals surface area contributed by atoms with Gasteiger partial charge in [0.25, 0.3) is 0 Å². The number of thiophene rings is 1. The molecule has 0 radical (unpaired) electrons. The fraction of sp³-hybridized carbons (Fsp3) is 0.286. The van der Waals surface area contributed by atoms with Gasteiger partial charge in [-0.1, -0.05) is 0 Å². The number of aromatic nitrogens is 2. The predicted octanol–water partition coefficient (Wildman–Crippen LogP) is 3.55. The minimum absolute atomic E-state index is 0.633. The highest BCUT2D eigenvalue weighted by Gasteiger charge is 2.06. The van der Waals surface area contributed by atoms with Crippen molar-refractivity contribution in [1.82, 2.24) is 15.3 Å². The van der Waals surface area contributed by atoms with Crippen molar-refractivity contribution >= 4 is 39.1 Å². The van der Waals surface area contributed by atoms with Crippen molar-refractivity contribution in [1.29, 1.82) is 0 Å². The van der Waals surface area contributed by atoms with Crippen molar-refractivity contribution in [3.63, 3.8) is 0 Å². The maximum Gasteiger partial charge on any atom is 0.180 e. The first-order valence-corrected chi connectivity index (χ1v) is 9.14. The first-order chi connectivity index (χ1) is 10.2. The van der Waals surface area contributed by atoms with Crippen LogP contribution >= 0.6 is 34.0 Å². The molecule has 0 saturated heterocycles. The highest BCUT2D eigenvalue weighted by atomic mass is 32.1.